The van der Waals surface area contributed by atoms with Gasteiger partial charge in [-0.1, -0.05) is 24.3 Å². The summed E-state index contributed by atoms with van der Waals surface area (Å²) in [6.07, 6.45) is 7.33. The van der Waals surface area contributed by atoms with Crippen LogP contribution in [0.15, 0.2) is 42.7 Å². The molecule has 1 aromatic heterocycles. The van der Waals surface area contributed by atoms with Crippen LogP contribution in [0, 0.1) is 5.92 Å². The van der Waals surface area contributed by atoms with Gasteiger partial charge in [-0.2, -0.15) is 5.10 Å². The zero-order valence-corrected chi connectivity index (χ0v) is 16.0. The maximum atomic E-state index is 12.1. The van der Waals surface area contributed by atoms with E-state index in [1.165, 1.54) is 17.4 Å². The summed E-state index contributed by atoms with van der Waals surface area (Å²) in [4.78, 5) is 2.49. The highest BCUT2D eigenvalue weighted by Gasteiger charge is 2.37. The van der Waals surface area contributed by atoms with Crippen molar-refractivity contribution in [3.63, 3.8) is 0 Å². The third-order valence-electron chi connectivity index (χ3n) is 5.65. The fourth-order valence-corrected chi connectivity index (χ4v) is 5.18. The van der Waals surface area contributed by atoms with Crippen LogP contribution in [0.2, 0.25) is 0 Å². The molecule has 2 aromatic rings. The molecule has 140 valence electrons. The first kappa shape index (κ1) is 17.7. The number of benzene rings is 1. The van der Waals surface area contributed by atoms with Crippen LogP contribution in [-0.2, 0) is 23.1 Å². The SMILES string of the molecule is CS(=O)(=O)N1C[C@@H]2CC[C@H](C1)N(Cc1ccccc1Cn1cccn1)C2. The Labute approximate surface area is 155 Å². The second-order valence-electron chi connectivity index (χ2n) is 7.58. The van der Waals surface area contributed by atoms with Gasteiger partial charge in [0, 0.05) is 44.6 Å². The molecular formula is C19H26N4O2S. The highest BCUT2D eigenvalue weighted by Crippen LogP contribution is 2.30. The Bertz CT molecular complexity index is 850. The van der Waals surface area contributed by atoms with Crippen molar-refractivity contribution < 1.29 is 8.42 Å². The first-order chi connectivity index (χ1) is 12.5. The van der Waals surface area contributed by atoms with Gasteiger partial charge in [0.2, 0.25) is 10.0 Å². The molecule has 3 fully saturated rings. The Hall–Kier alpha value is -1.70. The molecule has 2 atom stereocenters. The monoisotopic (exact) mass is 374 g/mol. The van der Waals surface area contributed by atoms with E-state index in [2.05, 4.69) is 34.3 Å². The zero-order chi connectivity index (χ0) is 18.1. The third-order valence-corrected chi connectivity index (χ3v) is 6.88. The number of aromatic nitrogens is 2. The number of sulfonamides is 1. The van der Waals surface area contributed by atoms with E-state index in [-0.39, 0.29) is 0 Å². The Morgan fingerprint density at radius 2 is 1.81 bits per heavy atom. The van der Waals surface area contributed by atoms with Crippen LogP contribution >= 0.6 is 0 Å². The Morgan fingerprint density at radius 1 is 1.04 bits per heavy atom. The Morgan fingerprint density at radius 3 is 2.50 bits per heavy atom. The number of hydrogen-bond acceptors (Lipinski definition) is 4. The molecule has 26 heavy (non-hydrogen) atoms. The van der Waals surface area contributed by atoms with E-state index >= 15 is 0 Å². The summed E-state index contributed by atoms with van der Waals surface area (Å²) in [5.41, 5.74) is 2.58. The minimum atomic E-state index is -3.12. The van der Waals surface area contributed by atoms with E-state index in [1.807, 2.05) is 16.9 Å². The van der Waals surface area contributed by atoms with Crippen molar-refractivity contribution in [3.05, 3.63) is 53.9 Å². The van der Waals surface area contributed by atoms with E-state index in [9.17, 15) is 8.42 Å². The van der Waals surface area contributed by atoms with E-state index < -0.39 is 10.0 Å². The highest BCUT2D eigenvalue weighted by molar-refractivity contribution is 7.88. The molecular weight excluding hydrogens is 348 g/mol. The summed E-state index contributed by atoms with van der Waals surface area (Å²) >= 11 is 0. The van der Waals surface area contributed by atoms with Gasteiger partial charge in [0.1, 0.15) is 0 Å². The van der Waals surface area contributed by atoms with Gasteiger partial charge in [0.25, 0.3) is 0 Å². The van der Waals surface area contributed by atoms with Crippen LogP contribution in [0.1, 0.15) is 24.0 Å². The van der Waals surface area contributed by atoms with Gasteiger partial charge < -0.3 is 0 Å². The third kappa shape index (κ3) is 3.84. The summed E-state index contributed by atoms with van der Waals surface area (Å²) in [6, 6.07) is 10.8. The quantitative estimate of drug-likeness (QED) is 0.801. The number of piperidine rings is 1. The fourth-order valence-electron chi connectivity index (χ4n) is 4.25. The maximum Gasteiger partial charge on any atom is 0.211 e. The molecule has 0 saturated carbocycles. The molecule has 5 rings (SSSR count). The lowest BCUT2D eigenvalue weighted by Gasteiger charge is -2.36. The minimum Gasteiger partial charge on any atom is -0.294 e. The number of fused-ring (bicyclic) bond motifs is 4. The summed E-state index contributed by atoms with van der Waals surface area (Å²) in [5, 5.41) is 4.32. The molecule has 6 nitrogen and oxygen atoms in total. The van der Waals surface area contributed by atoms with Crippen LogP contribution in [0.5, 0.6) is 0 Å². The largest absolute Gasteiger partial charge is 0.294 e. The number of nitrogens with zero attached hydrogens (tertiary/aromatic N) is 4. The molecule has 3 aliphatic heterocycles. The maximum absolute atomic E-state index is 12.1. The summed E-state index contributed by atoms with van der Waals surface area (Å²) in [7, 11) is -3.12. The van der Waals surface area contributed by atoms with Crippen LogP contribution < -0.4 is 0 Å². The molecule has 4 heterocycles. The summed E-state index contributed by atoms with van der Waals surface area (Å²) in [5.74, 6) is 0.432. The summed E-state index contributed by atoms with van der Waals surface area (Å²) < 4.78 is 27.7. The van der Waals surface area contributed by atoms with Crippen molar-refractivity contribution in [2.45, 2.75) is 32.0 Å². The van der Waals surface area contributed by atoms with Crippen molar-refractivity contribution in [1.29, 1.82) is 0 Å². The summed E-state index contributed by atoms with van der Waals surface area (Å²) in [6.45, 7) is 3.90. The van der Waals surface area contributed by atoms with Gasteiger partial charge in [0.05, 0.1) is 12.8 Å². The van der Waals surface area contributed by atoms with E-state index in [4.69, 9.17) is 0 Å². The van der Waals surface area contributed by atoms with Crippen LogP contribution in [-0.4, -0.2) is 59.3 Å². The van der Waals surface area contributed by atoms with Gasteiger partial charge in [-0.3, -0.25) is 9.58 Å². The van der Waals surface area contributed by atoms with Gasteiger partial charge >= 0.3 is 0 Å². The zero-order valence-electron chi connectivity index (χ0n) is 15.2. The Balaban J connectivity index is 1.53. The lowest BCUT2D eigenvalue weighted by molar-refractivity contribution is 0.125. The van der Waals surface area contributed by atoms with Gasteiger partial charge in [-0.15, -0.1) is 0 Å². The first-order valence-corrected chi connectivity index (χ1v) is 11.1. The normalized spacial score (nSPS) is 24.7. The fraction of sp³-hybridized carbons (Fsp3) is 0.526. The molecule has 1 aromatic carbocycles. The molecule has 0 spiro atoms. The molecule has 0 aliphatic carbocycles. The highest BCUT2D eigenvalue weighted by atomic mass is 32.2. The van der Waals surface area contributed by atoms with Crippen LogP contribution in [0.4, 0.5) is 0 Å². The lowest BCUT2D eigenvalue weighted by Crippen LogP contribution is -2.44. The van der Waals surface area contributed by atoms with Crippen molar-refractivity contribution in [2.75, 3.05) is 25.9 Å². The topological polar surface area (TPSA) is 58.4 Å². The predicted octanol–water partition coefficient (Wildman–Crippen LogP) is 1.79. The molecule has 0 radical (unpaired) electrons. The van der Waals surface area contributed by atoms with Gasteiger partial charge in [-0.25, -0.2) is 12.7 Å². The molecule has 3 saturated heterocycles. The minimum absolute atomic E-state index is 0.307. The van der Waals surface area contributed by atoms with Crippen LogP contribution in [0.25, 0.3) is 0 Å². The van der Waals surface area contributed by atoms with E-state index in [0.29, 0.717) is 25.0 Å². The molecule has 0 amide bonds. The molecule has 7 heteroatoms. The predicted molar refractivity (Wildman–Crippen MR) is 101 cm³/mol. The molecule has 3 aliphatic rings. The average Bonchev–Trinajstić information content (AvgIpc) is 2.93. The lowest BCUT2D eigenvalue weighted by atomic mass is 9.94. The molecule has 0 unspecified atom stereocenters. The van der Waals surface area contributed by atoms with Gasteiger partial charge in [-0.05, 0) is 36.0 Å². The average molecular weight is 375 g/mol. The smallest absolute Gasteiger partial charge is 0.211 e. The standard InChI is InChI=1S/C19H26N4O2S/c1-26(24,25)23-12-16-7-8-19(15-23)21(11-16)13-17-5-2-3-6-18(17)14-22-10-4-9-20-22/h2-6,9-10,16,19H,7-8,11-15H2,1H3/t16-,19-/m1/s1. The first-order valence-electron chi connectivity index (χ1n) is 9.22. The van der Waals surface area contributed by atoms with Crippen molar-refractivity contribution in [2.24, 2.45) is 5.92 Å². The molecule has 0 N–H and O–H groups in total. The van der Waals surface area contributed by atoms with E-state index in [1.54, 1.807) is 10.5 Å². The second-order valence-corrected chi connectivity index (χ2v) is 9.56. The number of hydrogen-bond donors (Lipinski definition) is 0. The Kier molecular flexibility index (Phi) is 4.86. The molecule has 2 bridgehead atoms. The van der Waals surface area contributed by atoms with Crippen molar-refractivity contribution in [3.8, 4) is 0 Å². The van der Waals surface area contributed by atoms with Crippen molar-refractivity contribution >= 4 is 10.0 Å². The van der Waals surface area contributed by atoms with Crippen LogP contribution in [0.3, 0.4) is 0 Å². The van der Waals surface area contributed by atoms with Crippen molar-refractivity contribution in [1.82, 2.24) is 19.0 Å². The van der Waals surface area contributed by atoms with Gasteiger partial charge in [0.15, 0.2) is 0 Å². The second kappa shape index (κ2) is 7.13. The van der Waals surface area contributed by atoms with E-state index in [0.717, 1.165) is 32.5 Å². The number of rotatable bonds is 5.